The van der Waals surface area contributed by atoms with E-state index in [1.807, 2.05) is 19.9 Å². The molecule has 0 aliphatic heterocycles. The molecule has 0 spiro atoms. The number of aryl methyl sites for hydroxylation is 3. The van der Waals surface area contributed by atoms with Crippen molar-refractivity contribution in [3.05, 3.63) is 81.3 Å². The summed E-state index contributed by atoms with van der Waals surface area (Å²) < 4.78 is 28.8. The van der Waals surface area contributed by atoms with Gasteiger partial charge in [0.25, 0.3) is 0 Å². The van der Waals surface area contributed by atoms with Crippen molar-refractivity contribution in [2.75, 3.05) is 0 Å². The first-order valence-corrected chi connectivity index (χ1v) is 9.67. The Bertz CT molecular complexity index is 1310. The van der Waals surface area contributed by atoms with Crippen LogP contribution in [-0.4, -0.2) is 16.1 Å². The lowest BCUT2D eigenvalue weighted by molar-refractivity contribution is -0.145. The van der Waals surface area contributed by atoms with Crippen molar-refractivity contribution < 1.29 is 22.9 Å². The Morgan fingerprint density at radius 1 is 1.10 bits per heavy atom. The second-order valence-corrected chi connectivity index (χ2v) is 7.20. The Hall–Kier alpha value is -3.81. The van der Waals surface area contributed by atoms with Gasteiger partial charge < -0.3 is 13.7 Å². The summed E-state index contributed by atoms with van der Waals surface area (Å²) in [5, 5.41) is 4.57. The second kappa shape index (κ2) is 8.51. The predicted molar refractivity (Wildman–Crippen MR) is 110 cm³/mol. The van der Waals surface area contributed by atoms with Gasteiger partial charge in [-0.1, -0.05) is 5.16 Å². The van der Waals surface area contributed by atoms with Gasteiger partial charge in [0, 0.05) is 29.0 Å². The van der Waals surface area contributed by atoms with E-state index in [0.717, 1.165) is 16.5 Å². The topological polar surface area (TPSA) is 95.4 Å². The lowest BCUT2D eigenvalue weighted by Crippen LogP contribution is -2.08. The number of fused-ring (bicyclic) bond motifs is 1. The lowest BCUT2D eigenvalue weighted by atomic mass is 10.0. The van der Waals surface area contributed by atoms with E-state index in [1.165, 1.54) is 18.2 Å². The first kappa shape index (κ1) is 20.5. The molecule has 2 aromatic heterocycles. The molecule has 4 rings (SSSR count). The van der Waals surface area contributed by atoms with E-state index >= 15 is 0 Å². The van der Waals surface area contributed by atoms with Crippen molar-refractivity contribution in [3.63, 3.8) is 0 Å². The van der Waals surface area contributed by atoms with E-state index in [-0.39, 0.29) is 31.2 Å². The molecule has 0 unspecified atom stereocenters. The third kappa shape index (κ3) is 4.69. The minimum Gasteiger partial charge on any atom is -0.461 e. The Balaban J connectivity index is 1.39. The molecule has 4 aromatic rings. The van der Waals surface area contributed by atoms with Gasteiger partial charge in [-0.25, -0.2) is 9.18 Å². The van der Waals surface area contributed by atoms with Gasteiger partial charge in [-0.3, -0.25) is 4.79 Å². The molecule has 2 heterocycles. The fourth-order valence-corrected chi connectivity index (χ4v) is 3.11. The van der Waals surface area contributed by atoms with Crippen LogP contribution in [0.25, 0.3) is 22.4 Å². The van der Waals surface area contributed by atoms with E-state index < -0.39 is 11.6 Å². The average Bonchev–Trinajstić information content (AvgIpc) is 3.21. The summed E-state index contributed by atoms with van der Waals surface area (Å²) in [6.07, 6.45) is 0.228. The first-order valence-electron chi connectivity index (χ1n) is 9.67. The number of benzene rings is 2. The van der Waals surface area contributed by atoms with E-state index in [0.29, 0.717) is 22.5 Å². The smallest absolute Gasteiger partial charge is 0.336 e. The zero-order valence-electron chi connectivity index (χ0n) is 17.0. The number of carbonyl (C=O) groups excluding carboxylic acids is 1. The van der Waals surface area contributed by atoms with Gasteiger partial charge >= 0.3 is 11.6 Å². The molecule has 0 fully saturated rings. The van der Waals surface area contributed by atoms with Gasteiger partial charge in [0.15, 0.2) is 0 Å². The SMILES string of the molecule is Cc1cc2oc(=O)cc(COC(=O)CCc3nc(-c4ccc(F)cc4)no3)c2cc1C. The standard InChI is InChI=1S/C23H19FN2O5/c1-13-9-18-16(11-22(28)30-19(18)10-14(13)2)12-29-21(27)8-7-20-25-23(26-31-20)15-3-5-17(24)6-4-15/h3-6,9-11H,7-8,12H2,1-2H3. The third-order valence-corrected chi connectivity index (χ3v) is 4.95. The van der Waals surface area contributed by atoms with Gasteiger partial charge in [-0.2, -0.15) is 4.98 Å². The minimum atomic E-state index is -0.499. The van der Waals surface area contributed by atoms with E-state index in [2.05, 4.69) is 10.1 Å². The second-order valence-electron chi connectivity index (χ2n) is 7.20. The maximum Gasteiger partial charge on any atom is 0.336 e. The Morgan fingerprint density at radius 2 is 1.84 bits per heavy atom. The van der Waals surface area contributed by atoms with Gasteiger partial charge in [0.2, 0.25) is 11.7 Å². The largest absolute Gasteiger partial charge is 0.461 e. The third-order valence-electron chi connectivity index (χ3n) is 4.95. The fourth-order valence-electron chi connectivity index (χ4n) is 3.11. The predicted octanol–water partition coefficient (Wildman–Crippen LogP) is 4.27. The average molecular weight is 422 g/mol. The minimum absolute atomic E-state index is 0.0303. The Morgan fingerprint density at radius 3 is 2.61 bits per heavy atom. The summed E-state index contributed by atoms with van der Waals surface area (Å²) in [7, 11) is 0. The highest BCUT2D eigenvalue weighted by molar-refractivity contribution is 5.82. The molecule has 0 radical (unpaired) electrons. The van der Waals surface area contributed by atoms with E-state index in [1.54, 1.807) is 18.2 Å². The summed E-state index contributed by atoms with van der Waals surface area (Å²) in [4.78, 5) is 28.2. The van der Waals surface area contributed by atoms with Crippen LogP contribution in [0.1, 0.15) is 29.0 Å². The van der Waals surface area contributed by atoms with Crippen LogP contribution in [0.2, 0.25) is 0 Å². The van der Waals surface area contributed by atoms with Crippen molar-refractivity contribution in [2.45, 2.75) is 33.3 Å². The van der Waals surface area contributed by atoms with Crippen LogP contribution in [-0.2, 0) is 22.6 Å². The van der Waals surface area contributed by atoms with Crippen LogP contribution >= 0.6 is 0 Å². The fraction of sp³-hybridized carbons (Fsp3) is 0.217. The number of hydrogen-bond donors (Lipinski definition) is 0. The van der Waals surface area contributed by atoms with Crippen LogP contribution in [0, 0.1) is 19.7 Å². The number of hydrogen-bond acceptors (Lipinski definition) is 7. The molecule has 8 heteroatoms. The van der Waals surface area contributed by atoms with Crippen LogP contribution < -0.4 is 5.63 Å². The maximum absolute atomic E-state index is 13.0. The van der Waals surface area contributed by atoms with Crippen LogP contribution in [0.4, 0.5) is 4.39 Å². The van der Waals surface area contributed by atoms with E-state index in [9.17, 15) is 14.0 Å². The zero-order chi connectivity index (χ0) is 22.0. The summed E-state index contributed by atoms with van der Waals surface area (Å²) in [5.41, 5.74) is 3.20. The molecule has 0 amide bonds. The Kier molecular flexibility index (Phi) is 5.62. The number of nitrogens with zero attached hydrogens (tertiary/aromatic N) is 2. The van der Waals surface area contributed by atoms with Crippen molar-refractivity contribution in [1.29, 1.82) is 0 Å². The first-order chi connectivity index (χ1) is 14.9. The summed E-state index contributed by atoms with van der Waals surface area (Å²) in [5.74, 6) is -0.235. The molecule has 0 N–H and O–H groups in total. The Labute approximate surface area is 176 Å². The highest BCUT2D eigenvalue weighted by Gasteiger charge is 2.13. The number of aromatic nitrogens is 2. The van der Waals surface area contributed by atoms with Crippen LogP contribution in [0.5, 0.6) is 0 Å². The summed E-state index contributed by atoms with van der Waals surface area (Å²) in [6, 6.07) is 10.7. The normalized spacial score (nSPS) is 11.1. The molecule has 0 bridgehead atoms. The molecule has 0 atom stereocenters. The number of halogens is 1. The number of carbonyl (C=O) groups is 1. The molecule has 158 valence electrons. The summed E-state index contributed by atoms with van der Waals surface area (Å²) in [6.45, 7) is 3.84. The molecular formula is C23H19FN2O5. The van der Waals surface area contributed by atoms with Crippen LogP contribution in [0.3, 0.4) is 0 Å². The highest BCUT2D eigenvalue weighted by Crippen LogP contribution is 2.22. The number of esters is 1. The van der Waals surface area contributed by atoms with Gasteiger partial charge in [-0.05, 0) is 61.4 Å². The zero-order valence-corrected chi connectivity index (χ0v) is 17.0. The van der Waals surface area contributed by atoms with Gasteiger partial charge in [-0.15, -0.1) is 0 Å². The van der Waals surface area contributed by atoms with Gasteiger partial charge in [0.1, 0.15) is 18.0 Å². The maximum atomic E-state index is 13.0. The quantitative estimate of drug-likeness (QED) is 0.338. The monoisotopic (exact) mass is 422 g/mol. The van der Waals surface area contributed by atoms with Crippen molar-refractivity contribution in [1.82, 2.24) is 10.1 Å². The van der Waals surface area contributed by atoms with Crippen molar-refractivity contribution >= 4 is 16.9 Å². The molecule has 2 aromatic carbocycles. The molecular weight excluding hydrogens is 403 g/mol. The molecule has 0 aliphatic rings. The molecule has 7 nitrogen and oxygen atoms in total. The van der Waals surface area contributed by atoms with Gasteiger partial charge in [0.05, 0.1) is 6.42 Å². The molecule has 31 heavy (non-hydrogen) atoms. The van der Waals surface area contributed by atoms with Crippen LogP contribution in [0.15, 0.2) is 56.2 Å². The van der Waals surface area contributed by atoms with E-state index in [4.69, 9.17) is 13.7 Å². The molecule has 0 aliphatic carbocycles. The summed E-state index contributed by atoms with van der Waals surface area (Å²) >= 11 is 0. The number of rotatable bonds is 6. The number of ether oxygens (including phenoxy) is 1. The van der Waals surface area contributed by atoms with Crippen molar-refractivity contribution in [3.8, 4) is 11.4 Å². The molecule has 0 saturated carbocycles. The highest BCUT2D eigenvalue weighted by atomic mass is 19.1. The lowest BCUT2D eigenvalue weighted by Gasteiger charge is -2.09. The van der Waals surface area contributed by atoms with Crippen molar-refractivity contribution in [2.24, 2.45) is 0 Å². The molecule has 0 saturated heterocycles.